The number of amides is 1. The number of pyridine rings is 1. The number of nitrogens with zero attached hydrogens (tertiary/aromatic N) is 1. The molecular weight excluding hydrogens is 218 g/mol. The molecule has 0 aromatic carbocycles. The fraction of sp³-hybridized carbons (Fsp3) is 0.500. The SMILES string of the molecule is CCOCC(C)NC(=O)c1ccc(NC)cn1. The van der Waals surface area contributed by atoms with Crippen molar-refractivity contribution in [2.75, 3.05) is 25.6 Å². The van der Waals surface area contributed by atoms with E-state index >= 15 is 0 Å². The summed E-state index contributed by atoms with van der Waals surface area (Å²) in [4.78, 5) is 15.8. The number of hydrogen-bond acceptors (Lipinski definition) is 4. The van der Waals surface area contributed by atoms with Crippen LogP contribution in [-0.2, 0) is 4.74 Å². The zero-order chi connectivity index (χ0) is 12.7. The van der Waals surface area contributed by atoms with Crippen molar-refractivity contribution in [1.82, 2.24) is 10.3 Å². The van der Waals surface area contributed by atoms with Gasteiger partial charge >= 0.3 is 0 Å². The molecule has 1 atom stereocenters. The highest BCUT2D eigenvalue weighted by Gasteiger charge is 2.10. The molecule has 94 valence electrons. The first-order chi connectivity index (χ1) is 8.17. The molecule has 0 saturated heterocycles. The van der Waals surface area contributed by atoms with Crippen molar-refractivity contribution in [2.45, 2.75) is 19.9 Å². The lowest BCUT2D eigenvalue weighted by Gasteiger charge is -2.13. The summed E-state index contributed by atoms with van der Waals surface area (Å²) >= 11 is 0. The average Bonchev–Trinajstić information content (AvgIpc) is 2.36. The molecule has 0 aliphatic rings. The molecule has 1 aromatic heterocycles. The van der Waals surface area contributed by atoms with Crippen LogP contribution in [0.1, 0.15) is 24.3 Å². The third-order valence-corrected chi connectivity index (χ3v) is 2.23. The molecule has 0 spiro atoms. The maximum absolute atomic E-state index is 11.8. The van der Waals surface area contributed by atoms with E-state index < -0.39 is 0 Å². The van der Waals surface area contributed by atoms with E-state index in [1.54, 1.807) is 19.3 Å². The number of hydrogen-bond donors (Lipinski definition) is 2. The standard InChI is InChI=1S/C12H19N3O2/c1-4-17-8-9(2)15-12(16)11-6-5-10(13-3)7-14-11/h5-7,9,13H,4,8H2,1-3H3,(H,15,16). The lowest BCUT2D eigenvalue weighted by atomic mass is 10.3. The highest BCUT2D eigenvalue weighted by Crippen LogP contribution is 2.04. The van der Waals surface area contributed by atoms with Gasteiger partial charge in [0.05, 0.1) is 18.5 Å². The molecule has 2 N–H and O–H groups in total. The van der Waals surface area contributed by atoms with Gasteiger partial charge in [0, 0.05) is 19.7 Å². The second-order valence-electron chi connectivity index (χ2n) is 3.72. The van der Waals surface area contributed by atoms with Gasteiger partial charge in [0.1, 0.15) is 5.69 Å². The lowest BCUT2D eigenvalue weighted by molar-refractivity contribution is 0.0867. The largest absolute Gasteiger partial charge is 0.387 e. The summed E-state index contributed by atoms with van der Waals surface area (Å²) in [5.74, 6) is -0.181. The van der Waals surface area contributed by atoms with Crippen LogP contribution in [0.2, 0.25) is 0 Å². The Bertz CT molecular complexity index is 351. The van der Waals surface area contributed by atoms with Gasteiger partial charge in [0.2, 0.25) is 0 Å². The molecular formula is C12H19N3O2. The van der Waals surface area contributed by atoms with Gasteiger partial charge in [-0.3, -0.25) is 4.79 Å². The average molecular weight is 237 g/mol. The predicted octanol–water partition coefficient (Wildman–Crippen LogP) is 1.28. The zero-order valence-corrected chi connectivity index (χ0v) is 10.5. The van der Waals surface area contributed by atoms with Gasteiger partial charge in [-0.2, -0.15) is 0 Å². The van der Waals surface area contributed by atoms with Gasteiger partial charge < -0.3 is 15.4 Å². The Morgan fingerprint density at radius 1 is 1.53 bits per heavy atom. The Morgan fingerprint density at radius 3 is 2.82 bits per heavy atom. The van der Waals surface area contributed by atoms with Gasteiger partial charge in [-0.05, 0) is 26.0 Å². The first-order valence-electron chi connectivity index (χ1n) is 5.69. The highest BCUT2D eigenvalue weighted by molar-refractivity contribution is 5.92. The molecule has 1 unspecified atom stereocenters. The van der Waals surface area contributed by atoms with Crippen LogP contribution in [0, 0.1) is 0 Å². The topological polar surface area (TPSA) is 63.2 Å². The molecule has 17 heavy (non-hydrogen) atoms. The van der Waals surface area contributed by atoms with Crippen LogP contribution in [0.15, 0.2) is 18.3 Å². The van der Waals surface area contributed by atoms with Crippen molar-refractivity contribution in [3.63, 3.8) is 0 Å². The van der Waals surface area contributed by atoms with Crippen LogP contribution >= 0.6 is 0 Å². The second-order valence-corrected chi connectivity index (χ2v) is 3.72. The summed E-state index contributed by atoms with van der Waals surface area (Å²) in [6.07, 6.45) is 1.63. The van der Waals surface area contributed by atoms with Gasteiger partial charge in [0.25, 0.3) is 5.91 Å². The molecule has 1 rings (SSSR count). The van der Waals surface area contributed by atoms with Crippen molar-refractivity contribution in [3.05, 3.63) is 24.0 Å². The molecule has 5 heteroatoms. The third-order valence-electron chi connectivity index (χ3n) is 2.23. The van der Waals surface area contributed by atoms with Gasteiger partial charge in [0.15, 0.2) is 0 Å². The number of carbonyl (C=O) groups is 1. The molecule has 1 aromatic rings. The minimum atomic E-state index is -0.181. The molecule has 0 fully saturated rings. The van der Waals surface area contributed by atoms with Crippen LogP contribution < -0.4 is 10.6 Å². The molecule has 0 radical (unpaired) electrons. The fourth-order valence-corrected chi connectivity index (χ4v) is 1.31. The molecule has 5 nitrogen and oxygen atoms in total. The van der Waals surface area contributed by atoms with Crippen molar-refractivity contribution >= 4 is 11.6 Å². The summed E-state index contributed by atoms with van der Waals surface area (Å²) in [6, 6.07) is 3.48. The first-order valence-corrected chi connectivity index (χ1v) is 5.69. The van der Waals surface area contributed by atoms with E-state index in [1.807, 2.05) is 19.9 Å². The van der Waals surface area contributed by atoms with Crippen molar-refractivity contribution in [1.29, 1.82) is 0 Å². The number of anilines is 1. The van der Waals surface area contributed by atoms with E-state index in [1.165, 1.54) is 0 Å². The van der Waals surface area contributed by atoms with E-state index in [-0.39, 0.29) is 11.9 Å². The lowest BCUT2D eigenvalue weighted by Crippen LogP contribution is -2.36. The van der Waals surface area contributed by atoms with E-state index in [4.69, 9.17) is 4.74 Å². The predicted molar refractivity (Wildman–Crippen MR) is 67.2 cm³/mol. The van der Waals surface area contributed by atoms with Crippen molar-refractivity contribution in [3.8, 4) is 0 Å². The summed E-state index contributed by atoms with van der Waals surface area (Å²) in [6.45, 7) is 4.98. The molecule has 0 bridgehead atoms. The summed E-state index contributed by atoms with van der Waals surface area (Å²) in [7, 11) is 1.81. The summed E-state index contributed by atoms with van der Waals surface area (Å²) < 4.78 is 5.22. The zero-order valence-electron chi connectivity index (χ0n) is 10.5. The minimum absolute atomic E-state index is 0.0202. The van der Waals surface area contributed by atoms with Crippen LogP contribution in [-0.4, -0.2) is 37.2 Å². The van der Waals surface area contributed by atoms with Crippen LogP contribution in [0.4, 0.5) is 5.69 Å². The normalized spacial score (nSPS) is 11.9. The quantitative estimate of drug-likeness (QED) is 0.782. The Morgan fingerprint density at radius 2 is 2.29 bits per heavy atom. The van der Waals surface area contributed by atoms with Crippen LogP contribution in [0.3, 0.4) is 0 Å². The van der Waals surface area contributed by atoms with Gasteiger partial charge in [-0.1, -0.05) is 0 Å². The van der Waals surface area contributed by atoms with Gasteiger partial charge in [-0.25, -0.2) is 4.98 Å². The number of rotatable bonds is 6. The Hall–Kier alpha value is -1.62. The van der Waals surface area contributed by atoms with E-state index in [0.717, 1.165) is 5.69 Å². The first kappa shape index (κ1) is 13.4. The molecule has 1 amide bonds. The number of aromatic nitrogens is 1. The smallest absolute Gasteiger partial charge is 0.270 e. The van der Waals surface area contributed by atoms with Crippen LogP contribution in [0.5, 0.6) is 0 Å². The highest BCUT2D eigenvalue weighted by atomic mass is 16.5. The molecule has 0 aliphatic carbocycles. The second kappa shape index (κ2) is 6.85. The maximum Gasteiger partial charge on any atom is 0.270 e. The number of carbonyl (C=O) groups excluding carboxylic acids is 1. The summed E-state index contributed by atoms with van der Waals surface area (Å²) in [5, 5.41) is 5.77. The third kappa shape index (κ3) is 4.40. The van der Waals surface area contributed by atoms with E-state index in [2.05, 4.69) is 15.6 Å². The molecule has 1 heterocycles. The Kier molecular flexibility index (Phi) is 5.42. The number of nitrogens with one attached hydrogen (secondary N) is 2. The van der Waals surface area contributed by atoms with Crippen LogP contribution in [0.25, 0.3) is 0 Å². The monoisotopic (exact) mass is 237 g/mol. The van der Waals surface area contributed by atoms with E-state index in [0.29, 0.717) is 18.9 Å². The number of ether oxygens (including phenoxy) is 1. The summed E-state index contributed by atoms with van der Waals surface area (Å²) in [5.41, 5.74) is 1.29. The van der Waals surface area contributed by atoms with Gasteiger partial charge in [-0.15, -0.1) is 0 Å². The minimum Gasteiger partial charge on any atom is -0.387 e. The van der Waals surface area contributed by atoms with E-state index in [9.17, 15) is 4.79 Å². The Labute approximate surface area is 102 Å². The fourth-order valence-electron chi connectivity index (χ4n) is 1.31. The maximum atomic E-state index is 11.8. The Balaban J connectivity index is 2.51. The molecule has 0 saturated carbocycles. The van der Waals surface area contributed by atoms with Crippen molar-refractivity contribution in [2.24, 2.45) is 0 Å². The molecule has 0 aliphatic heterocycles. The van der Waals surface area contributed by atoms with Crippen molar-refractivity contribution < 1.29 is 9.53 Å².